The van der Waals surface area contributed by atoms with Crippen LogP contribution in [0.5, 0.6) is 5.75 Å². The number of aryl methyl sites for hydroxylation is 1. The van der Waals surface area contributed by atoms with Crippen LogP contribution in [0.1, 0.15) is 10.4 Å². The van der Waals surface area contributed by atoms with Crippen molar-refractivity contribution < 1.29 is 19.1 Å². The van der Waals surface area contributed by atoms with Gasteiger partial charge in [-0.1, -0.05) is 6.07 Å². The molecule has 0 aliphatic carbocycles. The van der Waals surface area contributed by atoms with Crippen LogP contribution in [-0.4, -0.2) is 58.5 Å². The summed E-state index contributed by atoms with van der Waals surface area (Å²) in [5, 5.41) is 20.2. The van der Waals surface area contributed by atoms with Crippen LogP contribution in [0.2, 0.25) is 0 Å². The molecular weight excluding hydrogens is 392 g/mol. The van der Waals surface area contributed by atoms with Gasteiger partial charge >= 0.3 is 6.09 Å². The Hall–Kier alpha value is -4.22. The summed E-state index contributed by atoms with van der Waals surface area (Å²) in [5.74, 6) is 0.669. The molecule has 2 amide bonds. The second-order valence-corrected chi connectivity index (χ2v) is 5.92. The van der Waals surface area contributed by atoms with Crippen LogP contribution in [0, 0.1) is 0 Å². The molecule has 12 nitrogen and oxygen atoms in total. The number of rotatable bonds is 6. The molecule has 0 spiro atoms. The lowest BCUT2D eigenvalue weighted by atomic mass is 10.1. The standard InChI is InChI=1S/C18H20N8O4/c1-19-17(27)11-9-20-14(22-18(28)30-4)8-13(11)21-12-7-5-6-10(15(12)29-3)16-23-25-26(2)24-16/h5-9H,1-4H3,(H,19,27)(H2,20,21,22,28). The Labute approximate surface area is 171 Å². The zero-order chi connectivity index (χ0) is 21.7. The molecule has 0 aliphatic rings. The summed E-state index contributed by atoms with van der Waals surface area (Å²) in [7, 11) is 5.92. The molecule has 0 aliphatic heterocycles. The van der Waals surface area contributed by atoms with Gasteiger partial charge in [0.25, 0.3) is 5.91 Å². The number of amides is 2. The van der Waals surface area contributed by atoms with Crippen LogP contribution >= 0.6 is 0 Å². The Bertz CT molecular complexity index is 1080. The number of nitrogens with zero attached hydrogens (tertiary/aromatic N) is 5. The van der Waals surface area contributed by atoms with Crippen molar-refractivity contribution in [1.29, 1.82) is 0 Å². The van der Waals surface area contributed by atoms with Crippen molar-refractivity contribution in [2.24, 2.45) is 7.05 Å². The van der Waals surface area contributed by atoms with Gasteiger partial charge in [0.2, 0.25) is 5.82 Å². The first kappa shape index (κ1) is 20.5. The number of benzene rings is 1. The molecule has 0 saturated heterocycles. The zero-order valence-electron chi connectivity index (χ0n) is 16.8. The van der Waals surface area contributed by atoms with Crippen molar-refractivity contribution in [2.75, 3.05) is 31.9 Å². The third kappa shape index (κ3) is 4.27. The fraction of sp³-hybridized carbons (Fsp3) is 0.222. The van der Waals surface area contributed by atoms with E-state index in [4.69, 9.17) is 4.74 Å². The summed E-state index contributed by atoms with van der Waals surface area (Å²) in [6.45, 7) is 0. The molecule has 2 aromatic heterocycles. The number of hydrogen-bond acceptors (Lipinski definition) is 9. The van der Waals surface area contributed by atoms with Crippen molar-refractivity contribution in [2.45, 2.75) is 0 Å². The van der Waals surface area contributed by atoms with Crippen LogP contribution in [0.3, 0.4) is 0 Å². The average Bonchev–Trinajstić information content (AvgIpc) is 3.19. The monoisotopic (exact) mass is 412 g/mol. The molecule has 0 bridgehead atoms. The minimum atomic E-state index is -0.686. The second-order valence-electron chi connectivity index (χ2n) is 5.92. The van der Waals surface area contributed by atoms with Gasteiger partial charge in [0.15, 0.2) is 5.75 Å². The molecule has 3 aromatic rings. The highest BCUT2D eigenvalue weighted by Gasteiger charge is 2.18. The van der Waals surface area contributed by atoms with Gasteiger partial charge in [-0.3, -0.25) is 10.1 Å². The third-order valence-corrected chi connectivity index (χ3v) is 4.03. The lowest BCUT2D eigenvalue weighted by Crippen LogP contribution is -2.20. The Kier molecular flexibility index (Phi) is 6.05. The van der Waals surface area contributed by atoms with Gasteiger partial charge in [-0.25, -0.2) is 9.78 Å². The molecule has 0 fully saturated rings. The first-order valence-corrected chi connectivity index (χ1v) is 8.72. The Balaban J connectivity index is 2.05. The molecular formula is C18H20N8O4. The maximum Gasteiger partial charge on any atom is 0.412 e. The van der Waals surface area contributed by atoms with Crippen molar-refractivity contribution in [1.82, 2.24) is 30.5 Å². The van der Waals surface area contributed by atoms with Crippen LogP contribution in [0.25, 0.3) is 11.4 Å². The predicted octanol–water partition coefficient (Wildman–Crippen LogP) is 1.56. The molecule has 30 heavy (non-hydrogen) atoms. The van der Waals surface area contributed by atoms with Crippen molar-refractivity contribution >= 4 is 29.2 Å². The normalized spacial score (nSPS) is 10.3. The number of hydrogen-bond donors (Lipinski definition) is 3. The Morgan fingerprint density at radius 2 is 1.97 bits per heavy atom. The van der Waals surface area contributed by atoms with Gasteiger partial charge in [-0.05, 0) is 17.3 Å². The Morgan fingerprint density at radius 1 is 1.17 bits per heavy atom. The van der Waals surface area contributed by atoms with Crippen LogP contribution in [-0.2, 0) is 11.8 Å². The lowest BCUT2D eigenvalue weighted by molar-refractivity contribution is 0.0963. The zero-order valence-corrected chi connectivity index (χ0v) is 16.8. The summed E-state index contributed by atoms with van der Waals surface area (Å²) in [6, 6.07) is 6.84. The highest BCUT2D eigenvalue weighted by Crippen LogP contribution is 2.37. The molecule has 3 N–H and O–H groups in total. The molecule has 0 atom stereocenters. The maximum absolute atomic E-state index is 12.3. The molecule has 0 radical (unpaired) electrons. The van der Waals surface area contributed by atoms with E-state index in [9.17, 15) is 9.59 Å². The number of nitrogens with one attached hydrogen (secondary N) is 3. The van der Waals surface area contributed by atoms with Crippen LogP contribution in [0.15, 0.2) is 30.5 Å². The van der Waals surface area contributed by atoms with E-state index in [1.807, 2.05) is 0 Å². The molecule has 156 valence electrons. The summed E-state index contributed by atoms with van der Waals surface area (Å²) in [6.07, 6.45) is 0.655. The summed E-state index contributed by atoms with van der Waals surface area (Å²) >= 11 is 0. The molecule has 3 rings (SSSR count). The largest absolute Gasteiger partial charge is 0.494 e. The topological polar surface area (TPSA) is 145 Å². The summed E-state index contributed by atoms with van der Waals surface area (Å²) in [4.78, 5) is 29.2. The van der Waals surface area contributed by atoms with Crippen LogP contribution < -0.4 is 20.7 Å². The number of ether oxygens (including phenoxy) is 2. The predicted molar refractivity (Wildman–Crippen MR) is 108 cm³/mol. The second kappa shape index (κ2) is 8.86. The smallest absolute Gasteiger partial charge is 0.412 e. The van der Waals surface area contributed by atoms with Gasteiger partial charge < -0.3 is 20.1 Å². The average molecular weight is 412 g/mol. The van der Waals surface area contributed by atoms with Gasteiger partial charge in [0, 0.05) is 19.3 Å². The molecule has 0 saturated carbocycles. The molecule has 12 heteroatoms. The van der Waals surface area contributed by atoms with E-state index in [-0.39, 0.29) is 17.3 Å². The van der Waals surface area contributed by atoms with E-state index in [0.29, 0.717) is 28.5 Å². The van der Waals surface area contributed by atoms with Gasteiger partial charge in [-0.2, -0.15) is 4.80 Å². The summed E-state index contributed by atoms with van der Waals surface area (Å²) in [5.41, 5.74) is 1.80. The van der Waals surface area contributed by atoms with Gasteiger partial charge in [-0.15, -0.1) is 10.2 Å². The van der Waals surface area contributed by atoms with Crippen molar-refractivity contribution in [3.8, 4) is 17.1 Å². The van der Waals surface area contributed by atoms with E-state index >= 15 is 0 Å². The van der Waals surface area contributed by atoms with E-state index in [0.717, 1.165) is 0 Å². The number of tetrazole rings is 1. The Morgan fingerprint density at radius 3 is 2.60 bits per heavy atom. The van der Waals surface area contributed by atoms with Crippen LogP contribution in [0.4, 0.5) is 22.0 Å². The van der Waals surface area contributed by atoms with Crippen molar-refractivity contribution in [3.63, 3.8) is 0 Å². The minimum absolute atomic E-state index is 0.197. The lowest BCUT2D eigenvalue weighted by Gasteiger charge is -2.16. The quantitative estimate of drug-likeness (QED) is 0.549. The van der Waals surface area contributed by atoms with Gasteiger partial charge in [0.05, 0.1) is 43.8 Å². The SMILES string of the molecule is CNC(=O)c1cnc(NC(=O)OC)cc1Nc1cccc(-c2nnn(C)n2)c1OC. The van der Waals surface area contributed by atoms with Crippen molar-refractivity contribution in [3.05, 3.63) is 36.0 Å². The first-order chi connectivity index (χ1) is 14.5. The highest BCUT2D eigenvalue weighted by molar-refractivity contribution is 6.01. The third-order valence-electron chi connectivity index (χ3n) is 4.03. The minimum Gasteiger partial charge on any atom is -0.494 e. The number of aromatic nitrogens is 5. The van der Waals surface area contributed by atoms with E-state index in [1.165, 1.54) is 38.3 Å². The molecule has 1 aromatic carbocycles. The van der Waals surface area contributed by atoms with Gasteiger partial charge in [0.1, 0.15) is 5.82 Å². The number of methoxy groups -OCH3 is 2. The maximum atomic E-state index is 12.3. The van der Waals surface area contributed by atoms with E-state index in [2.05, 4.69) is 41.1 Å². The molecule has 0 unspecified atom stereocenters. The fourth-order valence-corrected chi connectivity index (χ4v) is 2.67. The molecule has 2 heterocycles. The fourth-order valence-electron chi connectivity index (χ4n) is 2.67. The number of pyridine rings is 1. The highest BCUT2D eigenvalue weighted by atomic mass is 16.5. The first-order valence-electron chi connectivity index (χ1n) is 8.72. The number of para-hydroxylation sites is 1. The van der Waals surface area contributed by atoms with E-state index < -0.39 is 6.09 Å². The summed E-state index contributed by atoms with van der Waals surface area (Å²) < 4.78 is 10.1. The van der Waals surface area contributed by atoms with E-state index in [1.54, 1.807) is 25.2 Å². The number of carbonyl (C=O) groups is 2. The number of carbonyl (C=O) groups excluding carboxylic acids is 2. The number of anilines is 3.